The van der Waals surface area contributed by atoms with Crippen molar-refractivity contribution in [3.63, 3.8) is 0 Å². The molecule has 104 valence electrons. The fourth-order valence-electron chi connectivity index (χ4n) is 2.90. The number of fused-ring (bicyclic) bond motifs is 1. The number of hydrogen-bond acceptors (Lipinski definition) is 4. The molecule has 2 aliphatic heterocycles. The standard InChI is InChI=1S/C15H17N3O2/c1-8-6-5-7-9(2)11(8)13-12-14(20-17-13)10(3)16-18(4)15(12)19/h5-7,12,14H,1-4H3/t12-,14-/m0/s1. The van der Waals surface area contributed by atoms with Gasteiger partial charge in [0, 0.05) is 12.6 Å². The Morgan fingerprint density at radius 1 is 1.20 bits per heavy atom. The Labute approximate surface area is 117 Å². The van der Waals surface area contributed by atoms with Gasteiger partial charge in [-0.25, -0.2) is 5.01 Å². The molecule has 5 heteroatoms. The van der Waals surface area contributed by atoms with Gasteiger partial charge < -0.3 is 4.84 Å². The van der Waals surface area contributed by atoms with Crippen LogP contribution in [0, 0.1) is 19.8 Å². The molecular weight excluding hydrogens is 254 g/mol. The lowest BCUT2D eigenvalue weighted by Crippen LogP contribution is -2.47. The second kappa shape index (κ2) is 4.44. The Morgan fingerprint density at radius 3 is 2.50 bits per heavy atom. The zero-order valence-electron chi connectivity index (χ0n) is 12.0. The van der Waals surface area contributed by atoms with Crippen molar-refractivity contribution in [2.75, 3.05) is 7.05 Å². The monoisotopic (exact) mass is 271 g/mol. The summed E-state index contributed by atoms with van der Waals surface area (Å²) in [4.78, 5) is 17.9. The number of rotatable bonds is 1. The summed E-state index contributed by atoms with van der Waals surface area (Å²) in [5, 5.41) is 9.76. The summed E-state index contributed by atoms with van der Waals surface area (Å²) in [6.45, 7) is 5.91. The predicted octanol–water partition coefficient (Wildman–Crippen LogP) is 1.87. The molecule has 0 bridgehead atoms. The third-order valence-electron chi connectivity index (χ3n) is 3.90. The van der Waals surface area contributed by atoms with Crippen LogP contribution in [0.4, 0.5) is 0 Å². The molecule has 0 saturated heterocycles. The van der Waals surface area contributed by atoms with Gasteiger partial charge >= 0.3 is 0 Å². The van der Waals surface area contributed by atoms with E-state index in [4.69, 9.17) is 4.84 Å². The lowest BCUT2D eigenvalue weighted by molar-refractivity contribution is -0.135. The first kappa shape index (κ1) is 12.8. The second-order valence-electron chi connectivity index (χ2n) is 5.35. The van der Waals surface area contributed by atoms with Gasteiger partial charge in [-0.3, -0.25) is 4.79 Å². The lowest BCUT2D eigenvalue weighted by Gasteiger charge is -2.27. The highest BCUT2D eigenvalue weighted by Gasteiger charge is 2.47. The van der Waals surface area contributed by atoms with Crippen LogP contribution in [0.2, 0.25) is 0 Å². The first-order chi connectivity index (χ1) is 9.50. The maximum Gasteiger partial charge on any atom is 0.256 e. The van der Waals surface area contributed by atoms with Crippen LogP contribution >= 0.6 is 0 Å². The van der Waals surface area contributed by atoms with E-state index in [1.165, 1.54) is 5.01 Å². The number of carbonyl (C=O) groups excluding carboxylic acids is 1. The largest absolute Gasteiger partial charge is 0.385 e. The van der Waals surface area contributed by atoms with Gasteiger partial charge in [-0.1, -0.05) is 23.4 Å². The normalized spacial score (nSPS) is 25.0. The molecule has 0 radical (unpaired) electrons. The number of amides is 1. The topological polar surface area (TPSA) is 54.3 Å². The van der Waals surface area contributed by atoms with Crippen molar-refractivity contribution in [2.24, 2.45) is 16.2 Å². The predicted molar refractivity (Wildman–Crippen MR) is 76.7 cm³/mol. The van der Waals surface area contributed by atoms with E-state index >= 15 is 0 Å². The van der Waals surface area contributed by atoms with Gasteiger partial charge in [0.2, 0.25) is 0 Å². The molecule has 3 rings (SSSR count). The molecule has 0 spiro atoms. The van der Waals surface area contributed by atoms with Crippen LogP contribution in [-0.4, -0.2) is 35.5 Å². The number of carbonyl (C=O) groups is 1. The summed E-state index contributed by atoms with van der Waals surface area (Å²) in [6, 6.07) is 6.05. The summed E-state index contributed by atoms with van der Waals surface area (Å²) in [6.07, 6.45) is -0.368. The highest BCUT2D eigenvalue weighted by Crippen LogP contribution is 2.31. The van der Waals surface area contributed by atoms with Crippen molar-refractivity contribution < 1.29 is 9.63 Å². The molecule has 0 N–H and O–H groups in total. The van der Waals surface area contributed by atoms with Gasteiger partial charge in [-0.2, -0.15) is 5.10 Å². The molecule has 5 nitrogen and oxygen atoms in total. The minimum Gasteiger partial charge on any atom is -0.385 e. The average Bonchev–Trinajstić information content (AvgIpc) is 2.81. The van der Waals surface area contributed by atoms with Gasteiger partial charge in [-0.05, 0) is 31.9 Å². The fraction of sp³-hybridized carbons (Fsp3) is 0.400. The molecule has 0 fully saturated rings. The number of hydrazone groups is 1. The van der Waals surface area contributed by atoms with Gasteiger partial charge in [0.15, 0.2) is 6.10 Å². The van der Waals surface area contributed by atoms with Crippen molar-refractivity contribution >= 4 is 17.3 Å². The van der Waals surface area contributed by atoms with Gasteiger partial charge in [-0.15, -0.1) is 0 Å². The molecule has 1 aromatic rings. The van der Waals surface area contributed by atoms with E-state index < -0.39 is 5.92 Å². The molecule has 1 aromatic carbocycles. The Bertz CT molecular complexity index is 628. The summed E-state index contributed by atoms with van der Waals surface area (Å²) in [7, 11) is 1.67. The maximum atomic E-state index is 12.4. The Kier molecular flexibility index (Phi) is 2.85. The van der Waals surface area contributed by atoms with Crippen molar-refractivity contribution in [1.82, 2.24) is 5.01 Å². The smallest absolute Gasteiger partial charge is 0.256 e. The van der Waals surface area contributed by atoms with Crippen LogP contribution in [0.5, 0.6) is 0 Å². The molecule has 2 atom stereocenters. The Morgan fingerprint density at radius 2 is 1.85 bits per heavy atom. The van der Waals surface area contributed by atoms with Crippen LogP contribution in [-0.2, 0) is 9.63 Å². The molecule has 0 unspecified atom stereocenters. The summed E-state index contributed by atoms with van der Waals surface area (Å²) in [5.74, 6) is -0.461. The summed E-state index contributed by atoms with van der Waals surface area (Å²) < 4.78 is 0. The van der Waals surface area contributed by atoms with E-state index in [9.17, 15) is 4.79 Å². The Balaban J connectivity index is 2.10. The summed E-state index contributed by atoms with van der Waals surface area (Å²) in [5.41, 5.74) is 4.71. The van der Waals surface area contributed by atoms with Gasteiger partial charge in [0.1, 0.15) is 11.6 Å². The van der Waals surface area contributed by atoms with E-state index in [1.54, 1.807) is 7.05 Å². The molecule has 2 aliphatic rings. The van der Waals surface area contributed by atoms with Crippen LogP contribution < -0.4 is 0 Å². The van der Waals surface area contributed by atoms with E-state index in [2.05, 4.69) is 10.3 Å². The number of oxime groups is 1. The fourth-order valence-corrected chi connectivity index (χ4v) is 2.90. The SMILES string of the molecule is CC1=NN(C)C(=O)[C@H]2C(c3c(C)cccc3C)=NO[C@@H]12. The quantitative estimate of drug-likeness (QED) is 0.783. The number of nitrogens with zero attached hydrogens (tertiary/aromatic N) is 3. The first-order valence-electron chi connectivity index (χ1n) is 6.63. The lowest BCUT2D eigenvalue weighted by atomic mass is 9.85. The second-order valence-corrected chi connectivity index (χ2v) is 5.35. The highest BCUT2D eigenvalue weighted by molar-refractivity contribution is 6.19. The van der Waals surface area contributed by atoms with Crippen LogP contribution in [0.1, 0.15) is 23.6 Å². The van der Waals surface area contributed by atoms with Crippen LogP contribution in [0.15, 0.2) is 28.5 Å². The van der Waals surface area contributed by atoms with E-state index in [1.807, 2.05) is 39.0 Å². The number of aryl methyl sites for hydroxylation is 2. The molecule has 1 amide bonds. The van der Waals surface area contributed by atoms with E-state index in [0.717, 1.165) is 28.1 Å². The molecule has 2 heterocycles. The van der Waals surface area contributed by atoms with Crippen LogP contribution in [0.25, 0.3) is 0 Å². The minimum atomic E-state index is -0.391. The first-order valence-corrected chi connectivity index (χ1v) is 6.63. The highest BCUT2D eigenvalue weighted by atomic mass is 16.6. The molecule has 20 heavy (non-hydrogen) atoms. The average molecular weight is 271 g/mol. The zero-order chi connectivity index (χ0) is 14.4. The maximum absolute atomic E-state index is 12.4. The van der Waals surface area contributed by atoms with Gasteiger partial charge in [0.25, 0.3) is 5.91 Å². The molecule has 0 aliphatic carbocycles. The van der Waals surface area contributed by atoms with Crippen molar-refractivity contribution in [1.29, 1.82) is 0 Å². The van der Waals surface area contributed by atoms with Gasteiger partial charge in [0.05, 0.1) is 5.71 Å². The van der Waals surface area contributed by atoms with Crippen LogP contribution in [0.3, 0.4) is 0 Å². The summed E-state index contributed by atoms with van der Waals surface area (Å²) >= 11 is 0. The Hall–Kier alpha value is -2.17. The number of hydrogen-bond donors (Lipinski definition) is 0. The molecule has 0 saturated carbocycles. The van der Waals surface area contributed by atoms with E-state index in [-0.39, 0.29) is 12.0 Å². The van der Waals surface area contributed by atoms with Crippen molar-refractivity contribution in [3.05, 3.63) is 34.9 Å². The molecule has 0 aromatic heterocycles. The zero-order valence-corrected chi connectivity index (χ0v) is 12.0. The third-order valence-corrected chi connectivity index (χ3v) is 3.90. The van der Waals surface area contributed by atoms with E-state index in [0.29, 0.717) is 0 Å². The van der Waals surface area contributed by atoms with Crippen molar-refractivity contribution in [3.8, 4) is 0 Å². The molecular formula is C15H17N3O2. The minimum absolute atomic E-state index is 0.0699. The number of benzene rings is 1. The van der Waals surface area contributed by atoms with Crippen molar-refractivity contribution in [2.45, 2.75) is 26.9 Å². The third kappa shape index (κ3) is 1.73.